The Morgan fingerprint density at radius 1 is 1.11 bits per heavy atom. The summed E-state index contributed by atoms with van der Waals surface area (Å²) >= 11 is 3.48. The summed E-state index contributed by atoms with van der Waals surface area (Å²) in [6.07, 6.45) is 3.28. The number of nitrogens with zero attached hydrogens (tertiary/aromatic N) is 4. The normalized spacial score (nSPS) is 17.9. The summed E-state index contributed by atoms with van der Waals surface area (Å²) in [6, 6.07) is 6.01. The molecular weight excluding hydrogens is 404 g/mol. The van der Waals surface area contributed by atoms with E-state index in [1.807, 2.05) is 29.7 Å². The first-order chi connectivity index (χ1) is 13.1. The van der Waals surface area contributed by atoms with Gasteiger partial charge in [-0.2, -0.15) is 0 Å². The SMILES string of the molecule is CCC[C@H](c1nc2ccc(Br)cc2c(=O)n1CC)N1CCCN(CC)CC1. The standard InChI is InChI=1S/C21H31BrN4O/c1-4-8-19(25-12-7-11-24(5-2)13-14-25)20-23-18-10-9-16(22)15-17(18)21(27)26(20)6-3/h9-10,15,19H,4-8,11-14H2,1-3H3/t19-/m1/s1. The Morgan fingerprint density at radius 3 is 2.63 bits per heavy atom. The zero-order valence-electron chi connectivity index (χ0n) is 16.7. The largest absolute Gasteiger partial charge is 0.302 e. The van der Waals surface area contributed by atoms with Crippen LogP contribution in [0.4, 0.5) is 0 Å². The Labute approximate surface area is 170 Å². The number of likely N-dealkylation sites (N-methyl/N-ethyl adjacent to an activating group) is 1. The molecule has 6 heteroatoms. The maximum Gasteiger partial charge on any atom is 0.261 e. The highest BCUT2D eigenvalue weighted by Crippen LogP contribution is 2.27. The molecule has 0 unspecified atom stereocenters. The van der Waals surface area contributed by atoms with Crippen molar-refractivity contribution < 1.29 is 0 Å². The van der Waals surface area contributed by atoms with E-state index in [2.05, 4.69) is 39.6 Å². The van der Waals surface area contributed by atoms with Crippen molar-refractivity contribution >= 4 is 26.8 Å². The third-order valence-electron chi connectivity index (χ3n) is 5.63. The smallest absolute Gasteiger partial charge is 0.261 e. The van der Waals surface area contributed by atoms with Gasteiger partial charge in [0.05, 0.1) is 16.9 Å². The quantitative estimate of drug-likeness (QED) is 0.687. The van der Waals surface area contributed by atoms with Crippen LogP contribution >= 0.6 is 15.9 Å². The third kappa shape index (κ3) is 4.44. The Bertz CT molecular complexity index is 835. The second-order valence-electron chi connectivity index (χ2n) is 7.31. The monoisotopic (exact) mass is 434 g/mol. The van der Waals surface area contributed by atoms with Crippen molar-refractivity contribution in [2.45, 2.75) is 52.6 Å². The predicted octanol–water partition coefficient (Wildman–Crippen LogP) is 4.05. The Hall–Kier alpha value is -1.24. The van der Waals surface area contributed by atoms with Crippen LogP contribution in [0.15, 0.2) is 27.5 Å². The van der Waals surface area contributed by atoms with Crippen LogP contribution in [0.3, 0.4) is 0 Å². The first-order valence-corrected chi connectivity index (χ1v) is 11.0. The number of fused-ring (bicyclic) bond motifs is 1. The summed E-state index contributed by atoms with van der Waals surface area (Å²) in [7, 11) is 0. The molecule has 0 bridgehead atoms. The van der Waals surface area contributed by atoms with Crippen LogP contribution in [0, 0.1) is 0 Å². The molecule has 1 aliphatic heterocycles. The van der Waals surface area contributed by atoms with Gasteiger partial charge in [-0.05, 0) is 51.1 Å². The summed E-state index contributed by atoms with van der Waals surface area (Å²) in [5, 5.41) is 0.693. The number of benzene rings is 1. The van der Waals surface area contributed by atoms with E-state index in [4.69, 9.17) is 4.98 Å². The summed E-state index contributed by atoms with van der Waals surface area (Å²) in [4.78, 5) is 23.2. The van der Waals surface area contributed by atoms with E-state index in [-0.39, 0.29) is 11.6 Å². The van der Waals surface area contributed by atoms with Gasteiger partial charge in [0.15, 0.2) is 0 Å². The van der Waals surface area contributed by atoms with Gasteiger partial charge >= 0.3 is 0 Å². The van der Waals surface area contributed by atoms with E-state index in [0.29, 0.717) is 11.9 Å². The maximum atomic E-state index is 13.2. The van der Waals surface area contributed by atoms with Crippen LogP contribution in [0.2, 0.25) is 0 Å². The lowest BCUT2D eigenvalue weighted by Crippen LogP contribution is -2.37. The molecule has 0 saturated carbocycles. The lowest BCUT2D eigenvalue weighted by molar-refractivity contribution is 0.177. The van der Waals surface area contributed by atoms with Gasteiger partial charge in [-0.25, -0.2) is 4.98 Å². The van der Waals surface area contributed by atoms with E-state index in [1.165, 1.54) is 6.42 Å². The van der Waals surface area contributed by atoms with E-state index in [0.717, 1.165) is 61.4 Å². The molecule has 0 N–H and O–H groups in total. The average Bonchev–Trinajstić information content (AvgIpc) is 2.92. The average molecular weight is 435 g/mol. The summed E-state index contributed by atoms with van der Waals surface area (Å²) in [5.74, 6) is 0.934. The number of aromatic nitrogens is 2. The molecule has 1 aromatic heterocycles. The van der Waals surface area contributed by atoms with Crippen molar-refractivity contribution in [3.63, 3.8) is 0 Å². The molecule has 1 aromatic carbocycles. The lowest BCUT2D eigenvalue weighted by Gasteiger charge is -2.31. The van der Waals surface area contributed by atoms with Crippen LogP contribution in [0.5, 0.6) is 0 Å². The Balaban J connectivity index is 2.05. The summed E-state index contributed by atoms with van der Waals surface area (Å²) in [6.45, 7) is 12.6. The van der Waals surface area contributed by atoms with E-state index in [9.17, 15) is 4.79 Å². The molecule has 3 rings (SSSR count). The minimum absolute atomic E-state index is 0.0740. The molecule has 1 aliphatic rings. The van der Waals surface area contributed by atoms with Crippen LogP contribution in [-0.4, -0.2) is 52.1 Å². The summed E-state index contributed by atoms with van der Waals surface area (Å²) < 4.78 is 2.80. The maximum absolute atomic E-state index is 13.2. The minimum Gasteiger partial charge on any atom is -0.302 e. The van der Waals surface area contributed by atoms with Gasteiger partial charge < -0.3 is 4.90 Å². The number of hydrogen-bond donors (Lipinski definition) is 0. The fourth-order valence-electron chi connectivity index (χ4n) is 4.14. The van der Waals surface area contributed by atoms with Crippen molar-refractivity contribution in [1.29, 1.82) is 0 Å². The van der Waals surface area contributed by atoms with Crippen LogP contribution in [-0.2, 0) is 6.54 Å². The first kappa shape index (κ1) is 20.5. The molecule has 1 fully saturated rings. The van der Waals surface area contributed by atoms with Crippen LogP contribution < -0.4 is 5.56 Å². The van der Waals surface area contributed by atoms with E-state index < -0.39 is 0 Å². The molecular formula is C21H31BrN4O. The number of rotatable bonds is 6. The molecule has 0 radical (unpaired) electrons. The summed E-state index contributed by atoms with van der Waals surface area (Å²) in [5.41, 5.74) is 0.874. The zero-order chi connectivity index (χ0) is 19.4. The zero-order valence-corrected chi connectivity index (χ0v) is 18.3. The lowest BCUT2D eigenvalue weighted by atomic mass is 10.1. The number of hydrogen-bond acceptors (Lipinski definition) is 4. The molecule has 2 aromatic rings. The predicted molar refractivity (Wildman–Crippen MR) is 115 cm³/mol. The van der Waals surface area contributed by atoms with Gasteiger partial charge in [0.2, 0.25) is 0 Å². The second-order valence-corrected chi connectivity index (χ2v) is 8.22. The third-order valence-corrected chi connectivity index (χ3v) is 6.13. The molecule has 1 atom stereocenters. The van der Waals surface area contributed by atoms with Crippen molar-refractivity contribution in [1.82, 2.24) is 19.4 Å². The first-order valence-electron chi connectivity index (χ1n) is 10.2. The fourth-order valence-corrected chi connectivity index (χ4v) is 4.50. The van der Waals surface area contributed by atoms with E-state index in [1.54, 1.807) is 0 Å². The van der Waals surface area contributed by atoms with Gasteiger partial charge in [-0.3, -0.25) is 14.3 Å². The molecule has 0 spiro atoms. The highest BCUT2D eigenvalue weighted by atomic mass is 79.9. The topological polar surface area (TPSA) is 41.4 Å². The Kier molecular flexibility index (Phi) is 7.06. The molecule has 0 aliphatic carbocycles. The molecule has 0 amide bonds. The van der Waals surface area contributed by atoms with Crippen molar-refractivity contribution in [3.8, 4) is 0 Å². The van der Waals surface area contributed by atoms with Gasteiger partial charge in [-0.1, -0.05) is 36.2 Å². The Morgan fingerprint density at radius 2 is 1.93 bits per heavy atom. The minimum atomic E-state index is 0.0740. The van der Waals surface area contributed by atoms with Crippen molar-refractivity contribution in [2.24, 2.45) is 0 Å². The molecule has 1 saturated heterocycles. The van der Waals surface area contributed by atoms with Gasteiger partial charge in [0.25, 0.3) is 5.56 Å². The van der Waals surface area contributed by atoms with Crippen molar-refractivity contribution in [2.75, 3.05) is 32.7 Å². The highest BCUT2D eigenvalue weighted by molar-refractivity contribution is 9.10. The molecule has 148 valence electrons. The highest BCUT2D eigenvalue weighted by Gasteiger charge is 2.26. The van der Waals surface area contributed by atoms with Gasteiger partial charge in [0.1, 0.15) is 5.82 Å². The van der Waals surface area contributed by atoms with E-state index >= 15 is 0 Å². The molecule has 2 heterocycles. The molecule has 5 nitrogen and oxygen atoms in total. The second kappa shape index (κ2) is 9.30. The van der Waals surface area contributed by atoms with Gasteiger partial charge in [0, 0.05) is 30.7 Å². The molecule has 27 heavy (non-hydrogen) atoms. The van der Waals surface area contributed by atoms with Gasteiger partial charge in [-0.15, -0.1) is 0 Å². The fraction of sp³-hybridized carbons (Fsp3) is 0.619. The number of halogens is 1. The van der Waals surface area contributed by atoms with Crippen LogP contribution in [0.1, 0.15) is 51.9 Å². The van der Waals surface area contributed by atoms with Crippen molar-refractivity contribution in [3.05, 3.63) is 38.9 Å². The van der Waals surface area contributed by atoms with Crippen LogP contribution in [0.25, 0.3) is 10.9 Å².